The van der Waals surface area contributed by atoms with Crippen LogP contribution in [0.4, 0.5) is 8.78 Å². The maximum absolute atomic E-state index is 14.6. The van der Waals surface area contributed by atoms with Crippen molar-refractivity contribution in [2.75, 3.05) is 0 Å². The first-order chi connectivity index (χ1) is 12.2. The first-order valence-corrected chi connectivity index (χ1v) is 10.0. The average Bonchev–Trinajstić information content (AvgIpc) is 3.13. The van der Waals surface area contributed by atoms with Crippen LogP contribution in [0.1, 0.15) is 83.1 Å². The summed E-state index contributed by atoms with van der Waals surface area (Å²) in [6, 6.07) is 3.31. The smallest absolute Gasteiger partial charge is 0.201 e. The molecule has 0 radical (unpaired) electrons. The van der Waals surface area contributed by atoms with Gasteiger partial charge in [-0.1, -0.05) is 38.7 Å². The Morgan fingerprint density at radius 1 is 1.04 bits per heavy atom. The number of halogens is 2. The Morgan fingerprint density at radius 3 is 2.52 bits per heavy atom. The molecule has 0 aliphatic heterocycles. The van der Waals surface area contributed by atoms with E-state index in [1.807, 2.05) is 0 Å². The molecule has 2 aliphatic carbocycles. The van der Waals surface area contributed by atoms with Crippen LogP contribution < -0.4 is 4.74 Å². The summed E-state index contributed by atoms with van der Waals surface area (Å²) in [7, 11) is 0. The lowest BCUT2D eigenvalue weighted by Crippen LogP contribution is -2.13. The quantitative estimate of drug-likeness (QED) is 0.480. The van der Waals surface area contributed by atoms with E-state index in [-0.39, 0.29) is 11.9 Å². The van der Waals surface area contributed by atoms with Gasteiger partial charge < -0.3 is 4.74 Å². The number of hydrogen-bond donors (Lipinski definition) is 0. The molecule has 1 aromatic rings. The predicted octanol–water partition coefficient (Wildman–Crippen LogP) is 7.05. The molecule has 0 aromatic heterocycles. The lowest BCUT2D eigenvalue weighted by atomic mass is 9.83. The molecule has 1 saturated carbocycles. The monoisotopic (exact) mass is 348 g/mol. The van der Waals surface area contributed by atoms with Crippen molar-refractivity contribution < 1.29 is 13.5 Å². The third-order valence-corrected chi connectivity index (χ3v) is 5.72. The van der Waals surface area contributed by atoms with Gasteiger partial charge in [0.05, 0.1) is 6.10 Å². The standard InChI is InChI=1S/C22H30F2O/c1-2-3-4-7-16-10-12-17(13-11-16)19-14-15-20(22(24)21(19)23)25-18-8-5-6-9-18/h12,14-16,18H,2-11,13H2,1H3. The van der Waals surface area contributed by atoms with Crippen LogP contribution in [0.3, 0.4) is 0 Å². The van der Waals surface area contributed by atoms with Gasteiger partial charge in [0, 0.05) is 5.56 Å². The van der Waals surface area contributed by atoms with Crippen molar-refractivity contribution in [1.29, 1.82) is 0 Å². The topological polar surface area (TPSA) is 9.23 Å². The van der Waals surface area contributed by atoms with Crippen LogP contribution in [0.25, 0.3) is 5.57 Å². The second kappa shape index (κ2) is 8.82. The summed E-state index contributed by atoms with van der Waals surface area (Å²) in [4.78, 5) is 0. The van der Waals surface area contributed by atoms with Gasteiger partial charge in [0.1, 0.15) is 0 Å². The number of unbranched alkanes of at least 4 members (excludes halogenated alkanes) is 2. The fraction of sp³-hybridized carbons (Fsp3) is 0.636. The highest BCUT2D eigenvalue weighted by molar-refractivity contribution is 5.67. The van der Waals surface area contributed by atoms with E-state index in [0.717, 1.165) is 50.5 Å². The molecule has 0 heterocycles. The largest absolute Gasteiger partial charge is 0.487 e. The summed E-state index contributed by atoms with van der Waals surface area (Å²) in [6.45, 7) is 2.22. The molecule has 1 aromatic carbocycles. The third kappa shape index (κ3) is 4.62. The van der Waals surface area contributed by atoms with Crippen LogP contribution in [0.5, 0.6) is 5.75 Å². The SMILES string of the molecule is CCCCCC1CC=C(c2ccc(OC3CCCC3)c(F)c2F)CC1. The number of benzene rings is 1. The molecule has 3 rings (SSSR count). The van der Waals surface area contributed by atoms with Crippen LogP contribution in [0, 0.1) is 17.6 Å². The van der Waals surface area contributed by atoms with Gasteiger partial charge in [-0.15, -0.1) is 0 Å². The molecule has 0 N–H and O–H groups in total. The first kappa shape index (κ1) is 18.4. The van der Waals surface area contributed by atoms with Gasteiger partial charge in [0.15, 0.2) is 11.6 Å². The summed E-state index contributed by atoms with van der Waals surface area (Å²) in [5.41, 5.74) is 1.37. The Balaban J connectivity index is 1.65. The van der Waals surface area contributed by atoms with Crippen molar-refractivity contribution in [1.82, 2.24) is 0 Å². The van der Waals surface area contributed by atoms with E-state index in [1.54, 1.807) is 12.1 Å². The molecule has 1 nitrogen and oxygen atoms in total. The van der Waals surface area contributed by atoms with Gasteiger partial charge in [-0.25, -0.2) is 4.39 Å². The average molecular weight is 348 g/mol. The highest BCUT2D eigenvalue weighted by Crippen LogP contribution is 2.36. The molecule has 0 spiro atoms. The molecular formula is C22H30F2O. The molecule has 1 fully saturated rings. The van der Waals surface area contributed by atoms with E-state index < -0.39 is 11.6 Å². The highest BCUT2D eigenvalue weighted by atomic mass is 19.2. The third-order valence-electron chi connectivity index (χ3n) is 5.72. The van der Waals surface area contributed by atoms with E-state index in [4.69, 9.17) is 4.74 Å². The Bertz CT molecular complexity index is 602. The van der Waals surface area contributed by atoms with Gasteiger partial charge in [-0.05, 0) is 68.6 Å². The molecule has 0 amide bonds. The van der Waals surface area contributed by atoms with E-state index in [9.17, 15) is 8.78 Å². The lowest BCUT2D eigenvalue weighted by Gasteiger charge is -2.23. The van der Waals surface area contributed by atoms with E-state index in [2.05, 4.69) is 13.0 Å². The van der Waals surface area contributed by atoms with Crippen molar-refractivity contribution in [3.63, 3.8) is 0 Å². The zero-order chi connectivity index (χ0) is 17.6. The Labute approximate surface area is 150 Å². The molecular weight excluding hydrogens is 318 g/mol. The van der Waals surface area contributed by atoms with Crippen molar-refractivity contribution in [2.24, 2.45) is 5.92 Å². The van der Waals surface area contributed by atoms with E-state index in [0.29, 0.717) is 11.5 Å². The summed E-state index contributed by atoms with van der Waals surface area (Å²) in [5, 5.41) is 0. The molecule has 3 heteroatoms. The summed E-state index contributed by atoms with van der Waals surface area (Å²) < 4.78 is 34.7. The number of hydrogen-bond acceptors (Lipinski definition) is 1. The van der Waals surface area contributed by atoms with Crippen LogP contribution in [-0.2, 0) is 0 Å². The minimum atomic E-state index is -0.824. The van der Waals surface area contributed by atoms with E-state index in [1.165, 1.54) is 25.7 Å². The van der Waals surface area contributed by atoms with Crippen LogP contribution >= 0.6 is 0 Å². The minimum Gasteiger partial charge on any atom is -0.487 e. The summed E-state index contributed by atoms with van der Waals surface area (Å²) in [6.07, 6.45) is 14.2. The normalized spacial score (nSPS) is 21.4. The predicted molar refractivity (Wildman–Crippen MR) is 98.7 cm³/mol. The van der Waals surface area contributed by atoms with E-state index >= 15 is 0 Å². The Morgan fingerprint density at radius 2 is 1.84 bits per heavy atom. The van der Waals surface area contributed by atoms with Crippen molar-refractivity contribution in [3.05, 3.63) is 35.4 Å². The van der Waals surface area contributed by atoms with Crippen LogP contribution in [0.15, 0.2) is 18.2 Å². The fourth-order valence-corrected chi connectivity index (χ4v) is 4.13. The molecule has 138 valence electrons. The Hall–Kier alpha value is -1.38. The minimum absolute atomic E-state index is 0.0394. The van der Waals surface area contributed by atoms with Gasteiger partial charge in [0.2, 0.25) is 5.82 Å². The van der Waals surface area contributed by atoms with Gasteiger partial charge >= 0.3 is 0 Å². The van der Waals surface area contributed by atoms with Gasteiger partial charge in [0.25, 0.3) is 0 Å². The summed E-state index contributed by atoms with van der Waals surface area (Å²) in [5.74, 6) is -0.795. The second-order valence-corrected chi connectivity index (χ2v) is 7.63. The first-order valence-electron chi connectivity index (χ1n) is 10.0. The number of allylic oxidation sites excluding steroid dienone is 2. The Kier molecular flexibility index (Phi) is 6.50. The molecule has 1 atom stereocenters. The maximum Gasteiger partial charge on any atom is 0.201 e. The van der Waals surface area contributed by atoms with Crippen LogP contribution in [-0.4, -0.2) is 6.10 Å². The second-order valence-electron chi connectivity index (χ2n) is 7.63. The van der Waals surface area contributed by atoms with Crippen molar-refractivity contribution >= 4 is 5.57 Å². The van der Waals surface area contributed by atoms with Gasteiger partial charge in [-0.2, -0.15) is 4.39 Å². The number of rotatable bonds is 7. The maximum atomic E-state index is 14.6. The molecule has 1 unspecified atom stereocenters. The van der Waals surface area contributed by atoms with Gasteiger partial charge in [-0.3, -0.25) is 0 Å². The lowest BCUT2D eigenvalue weighted by molar-refractivity contribution is 0.198. The highest BCUT2D eigenvalue weighted by Gasteiger charge is 2.23. The molecule has 2 aliphatic rings. The zero-order valence-corrected chi connectivity index (χ0v) is 15.3. The van der Waals surface area contributed by atoms with Crippen molar-refractivity contribution in [3.8, 4) is 5.75 Å². The zero-order valence-electron chi connectivity index (χ0n) is 15.3. The fourth-order valence-electron chi connectivity index (χ4n) is 4.13. The molecule has 0 bridgehead atoms. The number of ether oxygens (including phenoxy) is 1. The molecule has 25 heavy (non-hydrogen) atoms. The van der Waals surface area contributed by atoms with Crippen molar-refractivity contribution in [2.45, 2.75) is 83.7 Å². The van der Waals surface area contributed by atoms with Crippen LogP contribution in [0.2, 0.25) is 0 Å². The summed E-state index contributed by atoms with van der Waals surface area (Å²) >= 11 is 0. The molecule has 0 saturated heterocycles.